The van der Waals surface area contributed by atoms with Gasteiger partial charge in [0.2, 0.25) is 0 Å². The molecule has 0 radical (unpaired) electrons. The summed E-state index contributed by atoms with van der Waals surface area (Å²) in [5.41, 5.74) is 16.3. The van der Waals surface area contributed by atoms with E-state index in [4.69, 9.17) is 13.4 Å². The maximum atomic E-state index is 6.49. The van der Waals surface area contributed by atoms with Crippen molar-refractivity contribution >= 4 is 21.8 Å². The van der Waals surface area contributed by atoms with Gasteiger partial charge in [-0.25, -0.2) is 0 Å². The van der Waals surface area contributed by atoms with Gasteiger partial charge in [0.25, 0.3) is 0 Å². The molecule has 330 valence electrons. The van der Waals surface area contributed by atoms with Gasteiger partial charge in [0.05, 0.1) is 0 Å². The van der Waals surface area contributed by atoms with Crippen LogP contribution in [0.1, 0.15) is 131 Å². The van der Waals surface area contributed by atoms with Crippen molar-refractivity contribution in [3.05, 3.63) is 155 Å². The molecule has 0 spiro atoms. The van der Waals surface area contributed by atoms with E-state index in [1.165, 1.54) is 27.6 Å². The molecule has 6 aromatic carbocycles. The molecule has 0 atom stereocenters. The number of hydrogen-bond donors (Lipinski definition) is 0. The first kappa shape index (κ1) is 45.3. The summed E-state index contributed by atoms with van der Waals surface area (Å²) in [6.07, 6.45) is 1.96. The quantitative estimate of drug-likeness (QED) is 0.160. The van der Waals surface area contributed by atoms with Crippen LogP contribution < -0.4 is 3.39 Å². The molecule has 8 aromatic rings. The molecular formula is C59H64N3OPt+. The predicted molar refractivity (Wildman–Crippen MR) is 268 cm³/mol. The predicted octanol–water partition coefficient (Wildman–Crippen LogP) is 16.4. The van der Waals surface area contributed by atoms with Gasteiger partial charge in [0.15, 0.2) is 0 Å². The zero-order valence-electron chi connectivity index (χ0n) is 40.3. The van der Waals surface area contributed by atoms with Crippen molar-refractivity contribution in [1.82, 2.24) is 14.5 Å². The van der Waals surface area contributed by atoms with E-state index in [1.807, 2.05) is 6.20 Å². The Morgan fingerprint density at radius 3 is 1.84 bits per heavy atom. The first-order valence-electron chi connectivity index (χ1n) is 22.8. The third kappa shape index (κ3) is 8.63. The Balaban J connectivity index is 1.50. The second kappa shape index (κ2) is 16.6. The number of pyridine rings is 1. The van der Waals surface area contributed by atoms with E-state index in [0.717, 1.165) is 78.3 Å². The van der Waals surface area contributed by atoms with Crippen LogP contribution in [0.15, 0.2) is 128 Å². The molecular weight excluding hydrogens is 962 g/mol. The van der Waals surface area contributed by atoms with Crippen molar-refractivity contribution in [2.24, 2.45) is 0 Å². The van der Waals surface area contributed by atoms with Gasteiger partial charge in [-0.05, 0) is 22.9 Å². The van der Waals surface area contributed by atoms with Crippen molar-refractivity contribution in [2.75, 3.05) is 0 Å². The molecule has 2 aromatic heterocycles. The molecule has 0 N–H and O–H groups in total. The van der Waals surface area contributed by atoms with E-state index >= 15 is 0 Å². The van der Waals surface area contributed by atoms with Crippen LogP contribution in [0.2, 0.25) is 0 Å². The van der Waals surface area contributed by atoms with Gasteiger partial charge in [-0.1, -0.05) is 32.0 Å². The van der Waals surface area contributed by atoms with Crippen molar-refractivity contribution < 1.29 is 23.6 Å². The van der Waals surface area contributed by atoms with Crippen LogP contribution in [0.4, 0.5) is 0 Å². The number of hydrogen-bond acceptors (Lipinski definition) is 3. The van der Waals surface area contributed by atoms with Gasteiger partial charge in [-0.2, -0.15) is 0 Å². The third-order valence-corrected chi connectivity index (χ3v) is 13.2. The molecule has 4 nitrogen and oxygen atoms in total. The smallest absolute Gasteiger partial charge is 0.0508 e. The van der Waals surface area contributed by atoms with Crippen LogP contribution in [0.3, 0.4) is 0 Å². The Morgan fingerprint density at radius 1 is 0.547 bits per heavy atom. The van der Waals surface area contributed by atoms with Crippen molar-refractivity contribution in [3.63, 3.8) is 0 Å². The number of fused-ring (bicyclic) bond motifs is 2. The van der Waals surface area contributed by atoms with E-state index in [-0.39, 0.29) is 21.7 Å². The average molecular weight is 1030 g/mol. The molecule has 5 heteroatoms. The molecule has 0 aliphatic carbocycles. The fourth-order valence-corrected chi connectivity index (χ4v) is 9.30. The molecule has 0 fully saturated rings. The van der Waals surface area contributed by atoms with Crippen LogP contribution in [-0.2, 0) is 41.9 Å². The average Bonchev–Trinajstić information content (AvgIpc) is 3.63. The van der Waals surface area contributed by atoms with Crippen LogP contribution in [-0.4, -0.2) is 14.5 Å². The summed E-state index contributed by atoms with van der Waals surface area (Å²) in [5, 5.41) is 2.36. The first-order chi connectivity index (χ1) is 30.0. The molecule has 2 heterocycles. The van der Waals surface area contributed by atoms with Gasteiger partial charge in [0, 0.05) is 6.20 Å². The summed E-state index contributed by atoms with van der Waals surface area (Å²) < 4.78 is 8.89. The fourth-order valence-electron chi connectivity index (χ4n) is 8.80. The molecule has 0 unspecified atom stereocenters. The van der Waals surface area contributed by atoms with Crippen molar-refractivity contribution in [3.8, 4) is 56.3 Å². The topological polar surface area (TPSA) is 39.9 Å². The molecule has 0 saturated heterocycles. The van der Waals surface area contributed by atoms with E-state index < -0.39 is 0 Å². The standard InChI is InChI=1S/C59H65N3O.Pt/c1-36(2)38-23-25-46-39(29-38)27-28-60-52(46)41-30-40(31-43(32-41)57(6,7)8)45-21-18-22-51-53(45)61-55(48-34-44(58(9,10)11)35-49(54(48)63)59(12,13)14)62(51)50-26-24-42(56(3,4)5)33-47(50)37-19-16-15-17-20-37;/h15-36,63H,1-14H3;/q;+2/p-1. The Labute approximate surface area is 393 Å². The zero-order valence-corrected chi connectivity index (χ0v) is 42.5. The summed E-state index contributed by atoms with van der Waals surface area (Å²) in [5.74, 6) is 2.13. The Morgan fingerprint density at radius 2 is 1.20 bits per heavy atom. The van der Waals surface area contributed by atoms with Gasteiger partial charge < -0.3 is 0 Å². The Bertz CT molecular complexity index is 3040. The molecule has 0 aliphatic rings. The van der Waals surface area contributed by atoms with Gasteiger partial charge in [-0.15, -0.1) is 0 Å². The molecule has 0 bridgehead atoms. The second-order valence-corrected chi connectivity index (χ2v) is 22.6. The van der Waals surface area contributed by atoms with E-state index in [2.05, 4.69) is 243 Å². The molecule has 64 heavy (non-hydrogen) atoms. The molecule has 0 saturated carbocycles. The van der Waals surface area contributed by atoms with E-state index in [9.17, 15) is 0 Å². The van der Waals surface area contributed by atoms with Crippen LogP contribution in [0.25, 0.3) is 72.4 Å². The Kier molecular flexibility index (Phi) is 11.7. The normalized spacial score (nSPS) is 12.8. The maximum absolute atomic E-state index is 6.49. The third-order valence-electron chi connectivity index (χ3n) is 12.8. The number of aromatic nitrogens is 3. The number of imidazole rings is 1. The Hall–Kier alpha value is -5.31. The van der Waals surface area contributed by atoms with Crippen molar-refractivity contribution in [1.29, 1.82) is 0 Å². The fraction of sp³-hybridized carbons (Fsp3) is 0.322. The number of para-hydroxylation sites is 1. The van der Waals surface area contributed by atoms with E-state index in [0.29, 0.717) is 5.92 Å². The monoisotopic (exact) mass is 1030 g/mol. The first-order valence-corrected chi connectivity index (χ1v) is 23.7. The van der Waals surface area contributed by atoms with Gasteiger partial charge in [0.1, 0.15) is 0 Å². The SMILES string of the molecule is CC(C)c1ccc2c(-c3cc(-c4cccc5c4nc(-c4cc(C(C)(C)C)cc(C(C)(C)C)c4[O][Pt+])n5-c4ccc(C(C)(C)C)cc4-c4ccccc4)cc(C(C)(C)C)c3)nccc2c1. The minimum absolute atomic E-state index is 0.0502. The van der Waals surface area contributed by atoms with Gasteiger partial charge in [-0.3, -0.25) is 0 Å². The minimum Gasteiger partial charge on any atom is -0.0508 e. The molecule has 8 rings (SSSR count). The molecule has 0 aliphatic heterocycles. The number of benzene rings is 6. The summed E-state index contributed by atoms with van der Waals surface area (Å²) in [6.45, 7) is 31.9. The van der Waals surface area contributed by atoms with Crippen LogP contribution in [0, 0.1) is 0 Å². The summed E-state index contributed by atoms with van der Waals surface area (Å²) in [7, 11) is 0. The van der Waals surface area contributed by atoms with E-state index in [1.54, 1.807) is 0 Å². The minimum atomic E-state index is -0.196. The second-order valence-electron chi connectivity index (χ2n) is 22.1. The van der Waals surface area contributed by atoms with Crippen LogP contribution in [0.5, 0.6) is 5.75 Å². The summed E-state index contributed by atoms with van der Waals surface area (Å²) in [6, 6.07) is 45.1. The molecule has 0 amide bonds. The number of nitrogens with zero attached hydrogens (tertiary/aromatic N) is 3. The zero-order chi connectivity index (χ0) is 46.1. The van der Waals surface area contributed by atoms with Crippen LogP contribution >= 0.6 is 0 Å². The number of rotatable bonds is 7. The van der Waals surface area contributed by atoms with Gasteiger partial charge >= 0.3 is 335 Å². The van der Waals surface area contributed by atoms with Crippen molar-refractivity contribution in [2.45, 2.75) is 125 Å². The summed E-state index contributed by atoms with van der Waals surface area (Å²) >= 11 is 2.06. The summed E-state index contributed by atoms with van der Waals surface area (Å²) in [4.78, 5) is 10.9.